The van der Waals surface area contributed by atoms with Crippen LogP contribution in [-0.4, -0.2) is 43.3 Å². The molecule has 18 heavy (non-hydrogen) atoms. The number of carbonyl (C=O) groups excluding carboxylic acids is 2. The molecule has 0 saturated heterocycles. The van der Waals surface area contributed by atoms with E-state index in [-0.39, 0.29) is 12.5 Å². The smallest absolute Gasteiger partial charge is 0.410 e. The lowest BCUT2D eigenvalue weighted by molar-refractivity contribution is -0.149. The van der Waals surface area contributed by atoms with E-state index in [1.165, 1.54) is 11.9 Å². The van der Waals surface area contributed by atoms with E-state index in [1.54, 1.807) is 6.92 Å². The van der Waals surface area contributed by atoms with E-state index in [1.807, 2.05) is 13.8 Å². The average molecular weight is 255 g/mol. The summed E-state index contributed by atoms with van der Waals surface area (Å²) >= 11 is 0. The van der Waals surface area contributed by atoms with Gasteiger partial charge in [-0.15, -0.1) is 12.3 Å². The lowest BCUT2D eigenvalue weighted by Gasteiger charge is -2.23. The standard InChI is InChI=1S/C13H21NO4/c1-6-7-8-17-13(16)14(5)11(4)12(15)18-9-10(2)3/h1,10-11H,7-9H2,2-5H3. The summed E-state index contributed by atoms with van der Waals surface area (Å²) in [4.78, 5) is 24.3. The summed E-state index contributed by atoms with van der Waals surface area (Å²) in [6.45, 7) is 5.95. The second kappa shape index (κ2) is 8.40. The van der Waals surface area contributed by atoms with Crippen LogP contribution >= 0.6 is 0 Å². The largest absolute Gasteiger partial charge is 0.464 e. The molecule has 0 spiro atoms. The Labute approximate surface area is 108 Å². The normalized spacial score (nSPS) is 11.6. The van der Waals surface area contributed by atoms with Gasteiger partial charge in [0.25, 0.3) is 0 Å². The van der Waals surface area contributed by atoms with E-state index in [9.17, 15) is 9.59 Å². The van der Waals surface area contributed by atoms with E-state index in [0.29, 0.717) is 13.0 Å². The molecule has 0 heterocycles. The van der Waals surface area contributed by atoms with Crippen LogP contribution in [0.25, 0.3) is 0 Å². The molecule has 0 aromatic heterocycles. The van der Waals surface area contributed by atoms with Crippen LogP contribution in [0.4, 0.5) is 4.79 Å². The zero-order valence-corrected chi connectivity index (χ0v) is 11.4. The molecule has 0 N–H and O–H groups in total. The summed E-state index contributed by atoms with van der Waals surface area (Å²) in [6, 6.07) is -0.679. The van der Waals surface area contributed by atoms with Crippen molar-refractivity contribution in [1.29, 1.82) is 0 Å². The molecule has 0 fully saturated rings. The minimum absolute atomic E-state index is 0.146. The van der Waals surface area contributed by atoms with Gasteiger partial charge in [-0.05, 0) is 12.8 Å². The minimum atomic E-state index is -0.679. The number of hydrogen-bond acceptors (Lipinski definition) is 4. The summed E-state index contributed by atoms with van der Waals surface area (Å²) in [7, 11) is 1.49. The van der Waals surface area contributed by atoms with Crippen LogP contribution in [0.1, 0.15) is 27.2 Å². The van der Waals surface area contributed by atoms with Gasteiger partial charge in [-0.2, -0.15) is 0 Å². The number of likely N-dealkylation sites (N-methyl/N-ethyl adjacent to an activating group) is 1. The Hall–Kier alpha value is -1.70. The summed E-state index contributed by atoms with van der Waals surface area (Å²) in [5, 5.41) is 0. The number of carbonyl (C=O) groups is 2. The summed E-state index contributed by atoms with van der Waals surface area (Å²) in [5.41, 5.74) is 0. The molecule has 0 saturated carbocycles. The summed E-state index contributed by atoms with van der Waals surface area (Å²) in [5.74, 6) is 2.17. The first kappa shape index (κ1) is 16.3. The number of terminal acetylenes is 1. The predicted molar refractivity (Wildman–Crippen MR) is 67.8 cm³/mol. The molecule has 0 rings (SSSR count). The van der Waals surface area contributed by atoms with Gasteiger partial charge in [-0.1, -0.05) is 13.8 Å². The quantitative estimate of drug-likeness (QED) is 0.411. The van der Waals surface area contributed by atoms with Crippen molar-refractivity contribution in [3.63, 3.8) is 0 Å². The molecule has 0 radical (unpaired) electrons. The fourth-order valence-corrected chi connectivity index (χ4v) is 0.985. The van der Waals surface area contributed by atoms with Crippen LogP contribution in [-0.2, 0) is 14.3 Å². The minimum Gasteiger partial charge on any atom is -0.464 e. The van der Waals surface area contributed by atoms with Gasteiger partial charge in [0.1, 0.15) is 12.6 Å². The Bertz CT molecular complexity index is 319. The van der Waals surface area contributed by atoms with Gasteiger partial charge in [0.2, 0.25) is 0 Å². The first-order valence-corrected chi connectivity index (χ1v) is 5.89. The predicted octanol–water partition coefficient (Wildman–Crippen LogP) is 1.67. The second-order valence-electron chi connectivity index (χ2n) is 4.38. The van der Waals surface area contributed by atoms with E-state index in [2.05, 4.69) is 5.92 Å². The van der Waals surface area contributed by atoms with E-state index in [4.69, 9.17) is 15.9 Å². The summed E-state index contributed by atoms with van der Waals surface area (Å²) < 4.78 is 9.92. The Morgan fingerprint density at radius 2 is 1.89 bits per heavy atom. The van der Waals surface area contributed by atoms with Gasteiger partial charge in [-0.3, -0.25) is 4.90 Å². The van der Waals surface area contributed by atoms with E-state index >= 15 is 0 Å². The van der Waals surface area contributed by atoms with Crippen molar-refractivity contribution in [2.45, 2.75) is 33.2 Å². The van der Waals surface area contributed by atoms with Crippen LogP contribution in [0, 0.1) is 18.3 Å². The van der Waals surface area contributed by atoms with Gasteiger partial charge >= 0.3 is 12.1 Å². The molecule has 0 aliphatic rings. The van der Waals surface area contributed by atoms with Crippen molar-refractivity contribution in [2.75, 3.05) is 20.3 Å². The van der Waals surface area contributed by atoms with Crippen LogP contribution in [0.5, 0.6) is 0 Å². The van der Waals surface area contributed by atoms with Gasteiger partial charge in [0.05, 0.1) is 6.61 Å². The van der Waals surface area contributed by atoms with Crippen molar-refractivity contribution < 1.29 is 19.1 Å². The Morgan fingerprint density at radius 3 is 2.39 bits per heavy atom. The molecule has 0 aromatic rings. The lowest BCUT2D eigenvalue weighted by atomic mass is 10.2. The average Bonchev–Trinajstić information content (AvgIpc) is 2.34. The fourth-order valence-electron chi connectivity index (χ4n) is 0.985. The monoisotopic (exact) mass is 255 g/mol. The number of nitrogens with zero attached hydrogens (tertiary/aromatic N) is 1. The molecule has 5 nitrogen and oxygen atoms in total. The molecule has 1 atom stereocenters. The molecule has 5 heteroatoms. The maximum atomic E-state index is 11.6. The van der Waals surface area contributed by atoms with Crippen LogP contribution in [0.15, 0.2) is 0 Å². The first-order valence-electron chi connectivity index (χ1n) is 5.89. The number of hydrogen-bond donors (Lipinski definition) is 0. The fraction of sp³-hybridized carbons (Fsp3) is 0.692. The van der Waals surface area contributed by atoms with Crippen LogP contribution < -0.4 is 0 Å². The SMILES string of the molecule is C#CCCOC(=O)N(C)C(C)C(=O)OCC(C)C. The lowest BCUT2D eigenvalue weighted by Crippen LogP contribution is -2.42. The highest BCUT2D eigenvalue weighted by Crippen LogP contribution is 2.03. The summed E-state index contributed by atoms with van der Waals surface area (Å²) in [6.07, 6.45) is 4.81. The maximum absolute atomic E-state index is 11.6. The Kier molecular flexibility index (Phi) is 7.61. The number of amides is 1. The third kappa shape index (κ3) is 6.14. The Morgan fingerprint density at radius 1 is 1.28 bits per heavy atom. The van der Waals surface area contributed by atoms with Crippen molar-refractivity contribution >= 4 is 12.1 Å². The number of esters is 1. The second-order valence-corrected chi connectivity index (χ2v) is 4.38. The van der Waals surface area contributed by atoms with Gasteiger partial charge in [0.15, 0.2) is 0 Å². The third-order valence-corrected chi connectivity index (χ3v) is 2.24. The zero-order valence-electron chi connectivity index (χ0n) is 11.4. The van der Waals surface area contributed by atoms with Crippen LogP contribution in [0.3, 0.4) is 0 Å². The highest BCUT2D eigenvalue weighted by Gasteiger charge is 2.24. The molecule has 102 valence electrons. The van der Waals surface area contributed by atoms with Gasteiger partial charge in [-0.25, -0.2) is 9.59 Å². The number of ether oxygens (including phenoxy) is 2. The van der Waals surface area contributed by atoms with Crippen LogP contribution in [0.2, 0.25) is 0 Å². The molecule has 0 aliphatic carbocycles. The first-order chi connectivity index (χ1) is 8.40. The molecule has 0 bridgehead atoms. The molecular weight excluding hydrogens is 234 g/mol. The van der Waals surface area contributed by atoms with Gasteiger partial charge < -0.3 is 9.47 Å². The molecular formula is C13H21NO4. The van der Waals surface area contributed by atoms with E-state index < -0.39 is 18.1 Å². The van der Waals surface area contributed by atoms with Crippen molar-refractivity contribution in [2.24, 2.45) is 5.92 Å². The molecule has 0 aliphatic heterocycles. The van der Waals surface area contributed by atoms with Crippen molar-refractivity contribution in [3.8, 4) is 12.3 Å². The van der Waals surface area contributed by atoms with Crippen molar-refractivity contribution in [1.82, 2.24) is 4.90 Å². The Balaban J connectivity index is 4.15. The third-order valence-electron chi connectivity index (χ3n) is 2.24. The molecule has 1 unspecified atom stereocenters. The highest BCUT2D eigenvalue weighted by molar-refractivity contribution is 5.80. The molecule has 1 amide bonds. The molecule has 0 aromatic carbocycles. The topological polar surface area (TPSA) is 55.8 Å². The van der Waals surface area contributed by atoms with E-state index in [0.717, 1.165) is 0 Å². The highest BCUT2D eigenvalue weighted by atomic mass is 16.6. The zero-order chi connectivity index (χ0) is 14.1. The van der Waals surface area contributed by atoms with Gasteiger partial charge in [0, 0.05) is 13.5 Å². The van der Waals surface area contributed by atoms with Crippen molar-refractivity contribution in [3.05, 3.63) is 0 Å². The maximum Gasteiger partial charge on any atom is 0.410 e. The number of rotatable bonds is 6.